The van der Waals surface area contributed by atoms with Crippen LogP contribution in [0, 0.1) is 0 Å². The molecule has 0 radical (unpaired) electrons. The average molecular weight is 355 g/mol. The summed E-state index contributed by atoms with van der Waals surface area (Å²) in [6, 6.07) is 7.28. The Morgan fingerprint density at radius 1 is 1.26 bits per heavy atom. The number of halogens is 1. The third-order valence-electron chi connectivity index (χ3n) is 2.76. The first kappa shape index (κ1) is 17.0. The number of nitrogens with one attached hydrogen (secondary N) is 2. The molecule has 1 aromatic heterocycles. The summed E-state index contributed by atoms with van der Waals surface area (Å²) in [5, 5.41) is 10.8. The molecule has 2 aromatic rings. The summed E-state index contributed by atoms with van der Waals surface area (Å²) in [4.78, 5) is -0.000964. The molecule has 0 aliphatic rings. The van der Waals surface area contributed by atoms with Gasteiger partial charge in [0.15, 0.2) is 5.82 Å². The Labute approximate surface area is 139 Å². The minimum atomic E-state index is -3.82. The van der Waals surface area contributed by atoms with Gasteiger partial charge in [-0.2, -0.15) is 0 Å². The minimum absolute atomic E-state index is 0.000964. The summed E-state index contributed by atoms with van der Waals surface area (Å²) >= 11 is 5.95. The van der Waals surface area contributed by atoms with E-state index in [1.807, 2.05) is 0 Å². The van der Waals surface area contributed by atoms with Gasteiger partial charge in [0.1, 0.15) is 11.6 Å². The molecule has 0 amide bonds. The lowest BCUT2D eigenvalue weighted by Crippen LogP contribution is -2.14. The van der Waals surface area contributed by atoms with Crippen molar-refractivity contribution in [3.05, 3.63) is 48.0 Å². The summed E-state index contributed by atoms with van der Waals surface area (Å²) < 4.78 is 31.9. The van der Waals surface area contributed by atoms with Crippen LogP contribution in [0.15, 0.2) is 47.9 Å². The van der Waals surface area contributed by atoms with Gasteiger partial charge >= 0.3 is 0 Å². The van der Waals surface area contributed by atoms with Gasteiger partial charge in [0, 0.05) is 6.54 Å². The Morgan fingerprint density at radius 2 is 1.96 bits per heavy atom. The van der Waals surface area contributed by atoms with Gasteiger partial charge in [-0.1, -0.05) is 17.7 Å². The first-order valence-electron chi connectivity index (χ1n) is 6.51. The number of ether oxygens (including phenoxy) is 1. The fourth-order valence-electron chi connectivity index (χ4n) is 1.67. The Balaban J connectivity index is 2.17. The lowest BCUT2D eigenvalue weighted by atomic mass is 10.3. The van der Waals surface area contributed by atoms with Crippen molar-refractivity contribution in [1.82, 2.24) is 10.2 Å². The summed E-state index contributed by atoms with van der Waals surface area (Å²) in [7, 11) is -2.37. The van der Waals surface area contributed by atoms with Crippen molar-refractivity contribution < 1.29 is 13.2 Å². The van der Waals surface area contributed by atoms with Gasteiger partial charge in [0.25, 0.3) is 10.0 Å². The van der Waals surface area contributed by atoms with Crippen LogP contribution in [0.1, 0.15) is 0 Å². The smallest absolute Gasteiger partial charge is 0.263 e. The van der Waals surface area contributed by atoms with E-state index >= 15 is 0 Å². The quantitative estimate of drug-likeness (QED) is 0.742. The number of hydrogen-bond donors (Lipinski definition) is 2. The molecule has 0 bridgehead atoms. The SMILES string of the molecule is C=CCNc1ccc(NS(=O)(=O)c2ccc(OC)c(Cl)c2)nn1. The monoisotopic (exact) mass is 354 g/mol. The molecule has 1 aromatic carbocycles. The van der Waals surface area contributed by atoms with Crippen LogP contribution in [-0.2, 0) is 10.0 Å². The van der Waals surface area contributed by atoms with Crippen LogP contribution in [0.2, 0.25) is 5.02 Å². The van der Waals surface area contributed by atoms with Crippen molar-refractivity contribution in [1.29, 1.82) is 0 Å². The number of methoxy groups -OCH3 is 1. The Bertz CT molecular complexity index is 794. The first-order chi connectivity index (χ1) is 11.0. The molecule has 0 atom stereocenters. The molecule has 0 aliphatic heterocycles. The average Bonchev–Trinajstić information content (AvgIpc) is 2.54. The van der Waals surface area contributed by atoms with Crippen LogP contribution in [0.5, 0.6) is 5.75 Å². The van der Waals surface area contributed by atoms with Crippen LogP contribution in [-0.4, -0.2) is 32.3 Å². The van der Waals surface area contributed by atoms with Crippen molar-refractivity contribution >= 4 is 33.3 Å². The van der Waals surface area contributed by atoms with Crippen molar-refractivity contribution in [3.63, 3.8) is 0 Å². The molecule has 0 saturated carbocycles. The largest absolute Gasteiger partial charge is 0.495 e. The second kappa shape index (κ2) is 7.30. The first-order valence-corrected chi connectivity index (χ1v) is 8.37. The molecule has 0 unspecified atom stereocenters. The topological polar surface area (TPSA) is 93.2 Å². The highest BCUT2D eigenvalue weighted by Crippen LogP contribution is 2.27. The van der Waals surface area contributed by atoms with E-state index in [-0.39, 0.29) is 15.7 Å². The highest BCUT2D eigenvalue weighted by atomic mass is 35.5. The molecule has 0 aliphatic carbocycles. The molecular formula is C14H15ClN4O3S. The molecule has 122 valence electrons. The van der Waals surface area contributed by atoms with E-state index in [4.69, 9.17) is 16.3 Å². The molecule has 2 rings (SSSR count). The second-order valence-corrected chi connectivity index (χ2v) is 6.46. The van der Waals surface area contributed by atoms with Gasteiger partial charge < -0.3 is 10.1 Å². The van der Waals surface area contributed by atoms with E-state index in [1.54, 1.807) is 12.1 Å². The molecule has 1 heterocycles. The molecule has 0 saturated heterocycles. The fourth-order valence-corrected chi connectivity index (χ4v) is 3.01. The highest BCUT2D eigenvalue weighted by molar-refractivity contribution is 7.92. The van der Waals surface area contributed by atoms with E-state index in [0.29, 0.717) is 18.1 Å². The minimum Gasteiger partial charge on any atom is -0.495 e. The van der Waals surface area contributed by atoms with E-state index < -0.39 is 10.0 Å². The molecule has 9 heteroatoms. The summed E-state index contributed by atoms with van der Waals surface area (Å²) in [6.45, 7) is 4.10. The molecular weight excluding hydrogens is 340 g/mol. The highest BCUT2D eigenvalue weighted by Gasteiger charge is 2.17. The van der Waals surface area contributed by atoms with Crippen molar-refractivity contribution in [2.45, 2.75) is 4.90 Å². The summed E-state index contributed by atoms with van der Waals surface area (Å²) in [6.07, 6.45) is 1.67. The Morgan fingerprint density at radius 3 is 2.52 bits per heavy atom. The van der Waals surface area contributed by atoms with Crippen molar-refractivity contribution in [2.24, 2.45) is 0 Å². The van der Waals surface area contributed by atoms with Gasteiger partial charge in [-0.3, -0.25) is 4.72 Å². The second-order valence-electron chi connectivity index (χ2n) is 4.38. The lowest BCUT2D eigenvalue weighted by molar-refractivity contribution is 0.414. The van der Waals surface area contributed by atoms with Gasteiger partial charge in [-0.05, 0) is 30.3 Å². The van der Waals surface area contributed by atoms with Crippen molar-refractivity contribution in [2.75, 3.05) is 23.7 Å². The van der Waals surface area contributed by atoms with Crippen molar-refractivity contribution in [3.8, 4) is 5.75 Å². The van der Waals surface area contributed by atoms with Crippen LogP contribution < -0.4 is 14.8 Å². The maximum Gasteiger partial charge on any atom is 0.263 e. The maximum absolute atomic E-state index is 12.3. The van der Waals surface area contributed by atoms with E-state index in [1.165, 1.54) is 31.4 Å². The number of anilines is 2. The number of aromatic nitrogens is 2. The number of hydrogen-bond acceptors (Lipinski definition) is 6. The molecule has 0 fully saturated rings. The Kier molecular flexibility index (Phi) is 5.41. The van der Waals surface area contributed by atoms with Gasteiger partial charge in [0.05, 0.1) is 17.0 Å². The third kappa shape index (κ3) is 4.33. The fraction of sp³-hybridized carbons (Fsp3) is 0.143. The zero-order valence-electron chi connectivity index (χ0n) is 12.3. The summed E-state index contributed by atoms with van der Waals surface area (Å²) in [5.74, 6) is 1.00. The standard InChI is InChI=1S/C14H15ClN4O3S/c1-3-8-16-13-6-7-14(18-17-13)19-23(20,21)10-4-5-12(22-2)11(15)9-10/h3-7,9H,1,8H2,2H3,(H,16,17)(H,18,19). The van der Waals surface area contributed by atoms with Crippen LogP contribution >= 0.6 is 11.6 Å². The van der Waals surface area contributed by atoms with Gasteiger partial charge in [0.2, 0.25) is 0 Å². The molecule has 0 spiro atoms. The van der Waals surface area contributed by atoms with Crippen LogP contribution in [0.25, 0.3) is 0 Å². The predicted molar refractivity (Wildman–Crippen MR) is 89.5 cm³/mol. The predicted octanol–water partition coefficient (Wildman–Crippen LogP) is 2.54. The molecule has 23 heavy (non-hydrogen) atoms. The number of nitrogens with zero attached hydrogens (tertiary/aromatic N) is 2. The molecule has 2 N–H and O–H groups in total. The zero-order valence-corrected chi connectivity index (χ0v) is 13.9. The zero-order chi connectivity index (χ0) is 16.9. The number of sulfonamides is 1. The van der Waals surface area contributed by atoms with E-state index in [0.717, 1.165) is 0 Å². The number of rotatable bonds is 7. The third-order valence-corrected chi connectivity index (χ3v) is 4.41. The van der Waals surface area contributed by atoms with Gasteiger partial charge in [-0.15, -0.1) is 16.8 Å². The van der Waals surface area contributed by atoms with E-state index in [9.17, 15) is 8.42 Å². The van der Waals surface area contributed by atoms with Gasteiger partial charge in [-0.25, -0.2) is 8.42 Å². The molecule has 7 nitrogen and oxygen atoms in total. The summed E-state index contributed by atoms with van der Waals surface area (Å²) in [5.41, 5.74) is 0. The normalized spacial score (nSPS) is 10.9. The van der Waals surface area contributed by atoms with E-state index in [2.05, 4.69) is 26.8 Å². The van der Waals surface area contributed by atoms with Crippen LogP contribution in [0.3, 0.4) is 0 Å². The number of benzene rings is 1. The van der Waals surface area contributed by atoms with Crippen LogP contribution in [0.4, 0.5) is 11.6 Å². The lowest BCUT2D eigenvalue weighted by Gasteiger charge is -2.09. The Hall–Kier alpha value is -2.32. The maximum atomic E-state index is 12.3.